The number of pyridine rings is 1. The predicted octanol–water partition coefficient (Wildman–Crippen LogP) is 3.46. The van der Waals surface area contributed by atoms with Gasteiger partial charge in [0.15, 0.2) is 0 Å². The fraction of sp³-hybridized carbons (Fsp3) is 0.200. The van der Waals surface area contributed by atoms with Gasteiger partial charge in [0, 0.05) is 12.7 Å². The molecule has 2 aromatic heterocycles. The van der Waals surface area contributed by atoms with Crippen LogP contribution in [0.25, 0.3) is 10.3 Å². The number of nitrogen functional groups attached to an aromatic ring is 1. The van der Waals surface area contributed by atoms with E-state index in [4.69, 9.17) is 10.5 Å². The number of thiazole rings is 1. The maximum absolute atomic E-state index is 13.1. The molecule has 2 N–H and O–H groups in total. The van der Waals surface area contributed by atoms with Gasteiger partial charge < -0.3 is 10.5 Å². The number of hydrogen-bond acceptors (Lipinski definition) is 5. The van der Waals surface area contributed by atoms with Gasteiger partial charge in [0.25, 0.3) is 0 Å². The third kappa shape index (κ3) is 2.48. The average molecular weight is 303 g/mol. The Balaban J connectivity index is 2.20. The van der Waals surface area contributed by atoms with Crippen molar-refractivity contribution in [2.45, 2.75) is 13.0 Å². The van der Waals surface area contributed by atoms with Crippen LogP contribution >= 0.6 is 11.3 Å². The summed E-state index contributed by atoms with van der Waals surface area (Å²) in [6, 6.07) is 6.19. The van der Waals surface area contributed by atoms with Gasteiger partial charge >= 0.3 is 0 Å². The Morgan fingerprint density at radius 3 is 2.67 bits per heavy atom. The predicted molar refractivity (Wildman–Crippen MR) is 81.8 cm³/mol. The largest absolute Gasteiger partial charge is 0.397 e. The smallest absolute Gasteiger partial charge is 0.143 e. The summed E-state index contributed by atoms with van der Waals surface area (Å²) in [4.78, 5) is 9.63. The number of aryl methyl sites for hydroxylation is 1. The van der Waals surface area contributed by atoms with Crippen molar-refractivity contribution in [3.8, 4) is 0 Å². The van der Waals surface area contributed by atoms with E-state index in [1.165, 1.54) is 23.5 Å². The second-order valence-corrected chi connectivity index (χ2v) is 5.86. The molecule has 1 unspecified atom stereocenters. The summed E-state index contributed by atoms with van der Waals surface area (Å²) in [7, 11) is 1.60. The van der Waals surface area contributed by atoms with E-state index in [2.05, 4.69) is 9.97 Å². The molecule has 0 aliphatic heterocycles. The molecule has 0 fully saturated rings. The molecule has 0 radical (unpaired) electrons. The van der Waals surface area contributed by atoms with Crippen molar-refractivity contribution in [2.24, 2.45) is 0 Å². The van der Waals surface area contributed by atoms with Crippen molar-refractivity contribution in [3.05, 3.63) is 52.4 Å². The summed E-state index contributed by atoms with van der Waals surface area (Å²) in [5.41, 5.74) is 8.95. The summed E-state index contributed by atoms with van der Waals surface area (Å²) >= 11 is 1.51. The zero-order chi connectivity index (χ0) is 15.0. The van der Waals surface area contributed by atoms with E-state index in [0.717, 1.165) is 26.5 Å². The minimum Gasteiger partial charge on any atom is -0.397 e. The minimum atomic E-state index is -0.405. The van der Waals surface area contributed by atoms with Crippen LogP contribution in [-0.4, -0.2) is 17.1 Å². The molecule has 0 saturated carbocycles. The van der Waals surface area contributed by atoms with Crippen LogP contribution in [0.5, 0.6) is 0 Å². The molecule has 0 saturated heterocycles. The molecule has 2 heterocycles. The van der Waals surface area contributed by atoms with Gasteiger partial charge in [-0.1, -0.05) is 23.5 Å². The number of nitrogens with zero attached hydrogens (tertiary/aromatic N) is 2. The summed E-state index contributed by atoms with van der Waals surface area (Å²) in [6.07, 6.45) is 1.21. The van der Waals surface area contributed by atoms with Gasteiger partial charge in [0.2, 0.25) is 0 Å². The Kier molecular flexibility index (Phi) is 3.57. The van der Waals surface area contributed by atoms with E-state index in [1.807, 2.05) is 6.92 Å². The lowest BCUT2D eigenvalue weighted by molar-refractivity contribution is 0.138. The monoisotopic (exact) mass is 303 g/mol. The van der Waals surface area contributed by atoms with Crippen LogP contribution in [-0.2, 0) is 4.74 Å². The van der Waals surface area contributed by atoms with Crippen LogP contribution in [0.1, 0.15) is 22.2 Å². The normalized spacial score (nSPS) is 12.7. The van der Waals surface area contributed by atoms with Gasteiger partial charge in [0.1, 0.15) is 22.3 Å². The third-order valence-electron chi connectivity index (χ3n) is 3.27. The van der Waals surface area contributed by atoms with Gasteiger partial charge in [0.05, 0.1) is 16.9 Å². The van der Waals surface area contributed by atoms with Crippen LogP contribution in [0, 0.1) is 12.7 Å². The summed E-state index contributed by atoms with van der Waals surface area (Å²) in [5, 5.41) is 0.915. The molecule has 1 aromatic carbocycles. The standard InChI is InChI=1S/C15H14FN3OS/c1-8-19-13-12(11(17)7-18-15(13)21-8)14(20-2)9-3-5-10(16)6-4-9/h3-7,14H,17H2,1-2H3. The Morgan fingerprint density at radius 1 is 1.29 bits per heavy atom. The van der Waals surface area contributed by atoms with Gasteiger partial charge in [-0.2, -0.15) is 0 Å². The van der Waals surface area contributed by atoms with Crippen LogP contribution in [0.3, 0.4) is 0 Å². The topological polar surface area (TPSA) is 61.0 Å². The van der Waals surface area contributed by atoms with E-state index in [1.54, 1.807) is 25.4 Å². The Bertz CT molecular complexity index is 785. The molecule has 4 nitrogen and oxygen atoms in total. The van der Waals surface area contributed by atoms with Gasteiger partial charge in [-0.3, -0.25) is 0 Å². The highest BCUT2D eigenvalue weighted by Gasteiger charge is 2.22. The number of methoxy groups -OCH3 is 1. The van der Waals surface area contributed by atoms with Gasteiger partial charge in [-0.05, 0) is 24.6 Å². The molecule has 0 aliphatic carbocycles. The fourth-order valence-corrected chi connectivity index (χ4v) is 3.12. The lowest BCUT2D eigenvalue weighted by atomic mass is 10.00. The maximum atomic E-state index is 13.1. The Morgan fingerprint density at radius 2 is 2.00 bits per heavy atom. The second kappa shape index (κ2) is 5.38. The van der Waals surface area contributed by atoms with Crippen molar-refractivity contribution in [3.63, 3.8) is 0 Å². The van der Waals surface area contributed by atoms with E-state index < -0.39 is 6.10 Å². The van der Waals surface area contributed by atoms with Crippen LogP contribution in [0.4, 0.5) is 10.1 Å². The zero-order valence-electron chi connectivity index (χ0n) is 11.6. The molecule has 1 atom stereocenters. The highest BCUT2D eigenvalue weighted by Crippen LogP contribution is 2.35. The van der Waals surface area contributed by atoms with Crippen molar-refractivity contribution < 1.29 is 9.13 Å². The number of anilines is 1. The minimum absolute atomic E-state index is 0.286. The van der Waals surface area contributed by atoms with Crippen LogP contribution in [0.15, 0.2) is 30.5 Å². The highest BCUT2D eigenvalue weighted by molar-refractivity contribution is 7.18. The maximum Gasteiger partial charge on any atom is 0.143 e. The summed E-state index contributed by atoms with van der Waals surface area (Å²) < 4.78 is 18.7. The van der Waals surface area contributed by atoms with Gasteiger partial charge in [-0.15, -0.1) is 0 Å². The first kappa shape index (κ1) is 13.9. The van der Waals surface area contributed by atoms with E-state index in [9.17, 15) is 4.39 Å². The molecular weight excluding hydrogens is 289 g/mol. The molecule has 0 spiro atoms. The van der Waals surface area contributed by atoms with Crippen molar-refractivity contribution >= 4 is 27.4 Å². The van der Waals surface area contributed by atoms with E-state index in [-0.39, 0.29) is 5.82 Å². The lowest BCUT2D eigenvalue weighted by Crippen LogP contribution is -2.08. The first-order valence-electron chi connectivity index (χ1n) is 6.40. The molecule has 3 rings (SSSR count). The number of benzene rings is 1. The zero-order valence-corrected chi connectivity index (χ0v) is 12.4. The molecule has 0 bridgehead atoms. The molecular formula is C15H14FN3OS. The molecule has 21 heavy (non-hydrogen) atoms. The number of halogens is 1. The summed E-state index contributed by atoms with van der Waals surface area (Å²) in [5.74, 6) is -0.286. The molecule has 108 valence electrons. The SMILES string of the molecule is COC(c1ccc(F)cc1)c1c(N)cnc2sc(C)nc12. The quantitative estimate of drug-likeness (QED) is 0.805. The average Bonchev–Trinajstić information content (AvgIpc) is 2.84. The lowest BCUT2D eigenvalue weighted by Gasteiger charge is -2.18. The van der Waals surface area contributed by atoms with Crippen molar-refractivity contribution in [2.75, 3.05) is 12.8 Å². The number of rotatable bonds is 3. The highest BCUT2D eigenvalue weighted by atomic mass is 32.1. The first-order valence-corrected chi connectivity index (χ1v) is 7.21. The van der Waals surface area contributed by atoms with E-state index in [0.29, 0.717) is 5.69 Å². The van der Waals surface area contributed by atoms with Gasteiger partial charge in [-0.25, -0.2) is 14.4 Å². The Labute approximate surface area is 125 Å². The van der Waals surface area contributed by atoms with E-state index >= 15 is 0 Å². The molecule has 0 amide bonds. The number of nitrogens with two attached hydrogens (primary N) is 1. The molecule has 6 heteroatoms. The fourth-order valence-electron chi connectivity index (χ4n) is 2.35. The van der Waals surface area contributed by atoms with Crippen LogP contribution in [0.2, 0.25) is 0 Å². The number of ether oxygens (including phenoxy) is 1. The third-order valence-corrected chi connectivity index (χ3v) is 4.15. The number of hydrogen-bond donors (Lipinski definition) is 1. The molecule has 3 aromatic rings. The first-order chi connectivity index (χ1) is 10.1. The van der Waals surface area contributed by atoms with Crippen LogP contribution < -0.4 is 5.73 Å². The van der Waals surface area contributed by atoms with Crippen molar-refractivity contribution in [1.29, 1.82) is 0 Å². The summed E-state index contributed by atoms with van der Waals surface area (Å²) in [6.45, 7) is 1.92. The second-order valence-electron chi connectivity index (χ2n) is 4.68. The number of fused-ring (bicyclic) bond motifs is 1. The Hall–Kier alpha value is -2.05. The van der Waals surface area contributed by atoms with Crippen molar-refractivity contribution in [1.82, 2.24) is 9.97 Å². The molecule has 0 aliphatic rings. The number of aromatic nitrogens is 2.